The molecular formula is C12H10IrN3-. The average Bonchev–Trinajstić information content (AvgIpc) is 2.63. The Balaban J connectivity index is 0.000000963. The first-order valence-corrected chi connectivity index (χ1v) is 5.00. The van der Waals surface area contributed by atoms with Gasteiger partial charge in [0.25, 0.3) is 0 Å². The molecule has 0 amide bonds. The molecule has 0 unspecified atom stereocenters. The third-order valence-corrected chi connectivity index (χ3v) is 2.66. The number of fused-ring (bicyclic) bond motifs is 3. The molecule has 0 aliphatic carbocycles. The summed E-state index contributed by atoms with van der Waals surface area (Å²) in [6, 6.07) is 7.20. The summed E-state index contributed by atoms with van der Waals surface area (Å²) in [5, 5.41) is 1.06. The van der Waals surface area contributed by atoms with E-state index in [9.17, 15) is 0 Å². The molecule has 0 saturated carbocycles. The molecule has 4 heteroatoms. The zero-order valence-corrected chi connectivity index (χ0v) is 11.2. The number of aromatic nitrogens is 3. The minimum absolute atomic E-state index is 0. The number of pyridine rings is 2. The van der Waals surface area contributed by atoms with Crippen molar-refractivity contribution in [2.45, 2.75) is 13.5 Å². The molecule has 0 aliphatic rings. The molecule has 3 heterocycles. The molecule has 0 spiro atoms. The first-order valence-electron chi connectivity index (χ1n) is 5.00. The van der Waals surface area contributed by atoms with Crippen molar-refractivity contribution in [1.29, 1.82) is 0 Å². The van der Waals surface area contributed by atoms with Crippen LogP contribution in [0, 0.1) is 6.07 Å². The number of aryl methyl sites for hydroxylation is 1. The Morgan fingerprint density at radius 1 is 1.38 bits per heavy atom. The fourth-order valence-electron chi connectivity index (χ4n) is 2.02. The molecule has 0 bridgehead atoms. The van der Waals surface area contributed by atoms with Gasteiger partial charge in [-0.25, -0.2) is 0 Å². The van der Waals surface area contributed by atoms with Crippen LogP contribution in [0.3, 0.4) is 0 Å². The van der Waals surface area contributed by atoms with Crippen LogP contribution in [0.25, 0.3) is 21.9 Å². The van der Waals surface area contributed by atoms with Crippen LogP contribution in [0.2, 0.25) is 0 Å². The summed E-state index contributed by atoms with van der Waals surface area (Å²) >= 11 is 0. The van der Waals surface area contributed by atoms with E-state index in [0.29, 0.717) is 0 Å². The van der Waals surface area contributed by atoms with Crippen LogP contribution in [0.5, 0.6) is 0 Å². The van der Waals surface area contributed by atoms with E-state index in [1.807, 2.05) is 18.5 Å². The molecule has 0 aromatic carbocycles. The summed E-state index contributed by atoms with van der Waals surface area (Å²) in [6.07, 6.45) is 5.38. The van der Waals surface area contributed by atoms with Crippen LogP contribution in [-0.2, 0) is 26.7 Å². The average molecular weight is 388 g/mol. The summed E-state index contributed by atoms with van der Waals surface area (Å²) in [5.74, 6) is 0. The molecule has 0 aliphatic heterocycles. The zero-order chi connectivity index (χ0) is 10.3. The number of rotatable bonds is 1. The van der Waals surface area contributed by atoms with Crippen molar-refractivity contribution in [3.05, 3.63) is 36.8 Å². The molecule has 83 valence electrons. The van der Waals surface area contributed by atoms with E-state index in [4.69, 9.17) is 0 Å². The van der Waals surface area contributed by atoms with Crippen LogP contribution in [0.15, 0.2) is 30.7 Å². The quantitative estimate of drug-likeness (QED) is 0.600. The summed E-state index contributed by atoms with van der Waals surface area (Å²) in [7, 11) is 0. The van der Waals surface area contributed by atoms with Crippen LogP contribution in [-0.4, -0.2) is 14.5 Å². The molecule has 0 atom stereocenters. The first-order chi connectivity index (χ1) is 7.42. The molecular weight excluding hydrogens is 378 g/mol. The summed E-state index contributed by atoms with van der Waals surface area (Å²) in [4.78, 5) is 8.51. The molecule has 3 aromatic rings. The monoisotopic (exact) mass is 389 g/mol. The number of hydrogen-bond acceptors (Lipinski definition) is 2. The Morgan fingerprint density at radius 2 is 2.25 bits per heavy atom. The minimum atomic E-state index is 0. The van der Waals surface area contributed by atoms with Gasteiger partial charge in [-0.2, -0.15) is 6.07 Å². The molecule has 3 rings (SSSR count). The molecule has 0 saturated heterocycles. The van der Waals surface area contributed by atoms with Gasteiger partial charge in [-0.1, -0.05) is 0 Å². The summed E-state index contributed by atoms with van der Waals surface area (Å²) in [6.45, 7) is 3.05. The fourth-order valence-corrected chi connectivity index (χ4v) is 2.02. The standard InChI is InChI=1S/C12H10N3.Ir/c1-2-15-10-4-3-6-14-12(10)9-5-7-13-8-11(9)15;/h3-4,6-8H,2H2,1H3;/q-1;. The zero-order valence-electron chi connectivity index (χ0n) is 8.77. The molecule has 0 fully saturated rings. The maximum absolute atomic E-state index is 4.40. The third kappa shape index (κ3) is 1.46. The van der Waals surface area contributed by atoms with Crippen LogP contribution >= 0.6 is 0 Å². The van der Waals surface area contributed by atoms with Crippen molar-refractivity contribution in [3.63, 3.8) is 0 Å². The van der Waals surface area contributed by atoms with Crippen molar-refractivity contribution in [1.82, 2.24) is 14.5 Å². The second-order valence-corrected chi connectivity index (χ2v) is 3.43. The Kier molecular flexibility index (Phi) is 3.03. The number of nitrogens with zero attached hydrogens (tertiary/aromatic N) is 3. The maximum atomic E-state index is 4.40. The third-order valence-electron chi connectivity index (χ3n) is 2.66. The van der Waals surface area contributed by atoms with Crippen molar-refractivity contribution in [3.8, 4) is 0 Å². The SMILES string of the molecule is CCn1c2cnc[c-]c2c2ncccc21.[Ir]. The Labute approximate surface area is 107 Å². The van der Waals surface area contributed by atoms with Gasteiger partial charge in [0.15, 0.2) is 0 Å². The van der Waals surface area contributed by atoms with Crippen molar-refractivity contribution in [2.24, 2.45) is 0 Å². The summed E-state index contributed by atoms with van der Waals surface area (Å²) in [5.41, 5.74) is 3.27. The van der Waals surface area contributed by atoms with Crippen LogP contribution in [0.4, 0.5) is 0 Å². The van der Waals surface area contributed by atoms with E-state index in [2.05, 4.69) is 33.6 Å². The van der Waals surface area contributed by atoms with Gasteiger partial charge in [-0.3, -0.25) is 4.98 Å². The normalized spacial score (nSPS) is 10.6. The first kappa shape index (κ1) is 11.2. The van der Waals surface area contributed by atoms with Crippen LogP contribution in [0.1, 0.15) is 6.92 Å². The van der Waals surface area contributed by atoms with Crippen molar-refractivity contribution >= 4 is 21.9 Å². The molecule has 0 N–H and O–H groups in total. The van der Waals surface area contributed by atoms with E-state index in [1.54, 1.807) is 6.20 Å². The van der Waals surface area contributed by atoms with Gasteiger partial charge in [0.05, 0.1) is 0 Å². The van der Waals surface area contributed by atoms with Gasteiger partial charge in [0, 0.05) is 32.8 Å². The molecule has 3 nitrogen and oxygen atoms in total. The second kappa shape index (κ2) is 4.32. The smallest absolute Gasteiger partial charge is 0.0125 e. The van der Waals surface area contributed by atoms with Gasteiger partial charge in [0.2, 0.25) is 0 Å². The summed E-state index contributed by atoms with van der Waals surface area (Å²) < 4.78 is 2.21. The molecule has 16 heavy (non-hydrogen) atoms. The number of hydrogen-bond donors (Lipinski definition) is 0. The minimum Gasteiger partial charge on any atom is -0.401 e. The Hall–Kier alpha value is -1.25. The van der Waals surface area contributed by atoms with Crippen LogP contribution < -0.4 is 0 Å². The fraction of sp³-hybridized carbons (Fsp3) is 0.167. The van der Waals surface area contributed by atoms with E-state index < -0.39 is 0 Å². The van der Waals surface area contributed by atoms with Gasteiger partial charge >= 0.3 is 0 Å². The maximum Gasteiger partial charge on any atom is 0.0125 e. The van der Waals surface area contributed by atoms with E-state index in [-0.39, 0.29) is 20.1 Å². The van der Waals surface area contributed by atoms with Gasteiger partial charge < -0.3 is 9.55 Å². The largest absolute Gasteiger partial charge is 0.401 e. The predicted octanol–water partition coefficient (Wildman–Crippen LogP) is 2.40. The topological polar surface area (TPSA) is 30.7 Å². The van der Waals surface area contributed by atoms with Gasteiger partial charge in [-0.05, 0) is 48.0 Å². The van der Waals surface area contributed by atoms with Crippen molar-refractivity contribution < 1.29 is 20.1 Å². The second-order valence-electron chi connectivity index (χ2n) is 3.43. The van der Waals surface area contributed by atoms with E-state index >= 15 is 0 Å². The van der Waals surface area contributed by atoms with Gasteiger partial charge in [0.1, 0.15) is 0 Å². The van der Waals surface area contributed by atoms with Crippen molar-refractivity contribution in [2.75, 3.05) is 0 Å². The van der Waals surface area contributed by atoms with E-state index in [1.165, 1.54) is 0 Å². The molecule has 1 radical (unpaired) electrons. The molecule has 3 aromatic heterocycles. The predicted molar refractivity (Wildman–Crippen MR) is 59.5 cm³/mol. The van der Waals surface area contributed by atoms with E-state index in [0.717, 1.165) is 28.5 Å². The Morgan fingerprint density at radius 3 is 3.06 bits per heavy atom. The Bertz CT molecular complexity index is 577. The van der Waals surface area contributed by atoms with Gasteiger partial charge in [-0.15, -0.1) is 5.39 Å².